The molecule has 0 unspecified atom stereocenters. The molecular weight excluding hydrogens is 190 g/mol. The van der Waals surface area contributed by atoms with Crippen molar-refractivity contribution in [2.45, 2.75) is 31.8 Å². The fraction of sp³-hybridized carbons (Fsp3) is 0.545. The average molecular weight is 207 g/mol. The lowest BCUT2D eigenvalue weighted by Crippen LogP contribution is -2.45. The van der Waals surface area contributed by atoms with E-state index < -0.39 is 0 Å². The minimum absolute atomic E-state index is 0.0547. The summed E-state index contributed by atoms with van der Waals surface area (Å²) >= 11 is 0. The quantitative estimate of drug-likeness (QED) is 0.772. The first-order chi connectivity index (χ1) is 7.25. The first kappa shape index (κ1) is 10.1. The zero-order valence-corrected chi connectivity index (χ0v) is 8.99. The van der Waals surface area contributed by atoms with Gasteiger partial charge in [0.25, 0.3) is 0 Å². The maximum absolute atomic E-state index is 11.4. The first-order valence-corrected chi connectivity index (χ1v) is 5.40. The molecule has 1 aromatic heterocycles. The highest BCUT2D eigenvalue weighted by atomic mass is 16.2. The van der Waals surface area contributed by atoms with E-state index in [1.54, 1.807) is 0 Å². The van der Waals surface area contributed by atoms with Crippen LogP contribution in [0.5, 0.6) is 0 Å². The van der Waals surface area contributed by atoms with Crippen LogP contribution in [0.2, 0.25) is 0 Å². The number of carbonyl (C=O) groups excluding carboxylic acids is 1. The number of hydrogen-bond acceptors (Lipinski definition) is 1. The summed E-state index contributed by atoms with van der Waals surface area (Å²) in [5.41, 5.74) is 1.11. The van der Waals surface area contributed by atoms with Gasteiger partial charge < -0.3 is 15.2 Å². The molecule has 1 saturated carbocycles. The van der Waals surface area contributed by atoms with Crippen LogP contribution in [0.25, 0.3) is 0 Å². The highest BCUT2D eigenvalue weighted by Gasteiger charge is 2.18. The van der Waals surface area contributed by atoms with Crippen LogP contribution in [-0.2, 0) is 13.6 Å². The smallest absolute Gasteiger partial charge is 0.315 e. The molecule has 1 fully saturated rings. The van der Waals surface area contributed by atoms with Gasteiger partial charge in [0.2, 0.25) is 0 Å². The normalized spacial score (nSPS) is 15.8. The van der Waals surface area contributed by atoms with E-state index in [1.807, 2.05) is 29.9 Å². The van der Waals surface area contributed by atoms with Gasteiger partial charge in [-0.3, -0.25) is 0 Å². The van der Waals surface area contributed by atoms with E-state index >= 15 is 0 Å². The molecular formula is C11H17N3O. The third kappa shape index (κ3) is 2.52. The topological polar surface area (TPSA) is 46.1 Å². The second kappa shape index (κ2) is 4.38. The predicted molar refractivity (Wildman–Crippen MR) is 58.4 cm³/mol. The van der Waals surface area contributed by atoms with Crippen LogP contribution in [0.4, 0.5) is 4.79 Å². The molecule has 2 amide bonds. The van der Waals surface area contributed by atoms with Crippen molar-refractivity contribution >= 4 is 6.03 Å². The van der Waals surface area contributed by atoms with Gasteiger partial charge in [-0.1, -0.05) is 0 Å². The summed E-state index contributed by atoms with van der Waals surface area (Å²) in [6.45, 7) is 0.585. The van der Waals surface area contributed by atoms with Gasteiger partial charge in [0.05, 0.1) is 6.54 Å². The van der Waals surface area contributed by atoms with Crippen LogP contribution in [0.15, 0.2) is 18.3 Å². The molecule has 2 rings (SSSR count). The fourth-order valence-corrected chi connectivity index (χ4v) is 1.64. The average Bonchev–Trinajstić information content (AvgIpc) is 2.55. The van der Waals surface area contributed by atoms with Gasteiger partial charge in [0.15, 0.2) is 0 Å². The molecule has 15 heavy (non-hydrogen) atoms. The molecule has 0 bridgehead atoms. The molecule has 1 aliphatic carbocycles. The van der Waals surface area contributed by atoms with Crippen LogP contribution in [0.1, 0.15) is 25.0 Å². The van der Waals surface area contributed by atoms with Gasteiger partial charge in [0, 0.05) is 25.0 Å². The van der Waals surface area contributed by atoms with Gasteiger partial charge in [-0.05, 0) is 31.4 Å². The number of amides is 2. The molecule has 0 radical (unpaired) electrons. The summed E-state index contributed by atoms with van der Waals surface area (Å²) in [6.07, 6.45) is 5.46. The molecule has 82 valence electrons. The first-order valence-electron chi connectivity index (χ1n) is 5.40. The Balaban J connectivity index is 1.73. The molecule has 4 heteroatoms. The number of carbonyl (C=O) groups is 1. The Kier molecular flexibility index (Phi) is 2.94. The molecule has 2 N–H and O–H groups in total. The summed E-state index contributed by atoms with van der Waals surface area (Å²) in [6, 6.07) is 4.32. The second-order valence-corrected chi connectivity index (χ2v) is 4.07. The highest BCUT2D eigenvalue weighted by Crippen LogP contribution is 2.17. The lowest BCUT2D eigenvalue weighted by atomic mass is 9.93. The Bertz CT molecular complexity index is 341. The van der Waals surface area contributed by atoms with E-state index in [9.17, 15) is 4.79 Å². The minimum atomic E-state index is -0.0547. The molecule has 0 spiro atoms. The number of aryl methyl sites for hydroxylation is 1. The summed E-state index contributed by atoms with van der Waals surface area (Å²) in [7, 11) is 1.97. The maximum atomic E-state index is 11.4. The van der Waals surface area contributed by atoms with Crippen molar-refractivity contribution in [2.24, 2.45) is 7.05 Å². The van der Waals surface area contributed by atoms with Gasteiger partial charge in [0.1, 0.15) is 0 Å². The van der Waals surface area contributed by atoms with Crippen LogP contribution >= 0.6 is 0 Å². The monoisotopic (exact) mass is 207 g/mol. The van der Waals surface area contributed by atoms with Crippen LogP contribution in [0, 0.1) is 0 Å². The molecule has 4 nitrogen and oxygen atoms in total. The molecule has 0 atom stereocenters. The molecule has 0 aromatic carbocycles. The number of nitrogens with one attached hydrogen (secondary N) is 2. The number of hydrogen-bond donors (Lipinski definition) is 2. The minimum Gasteiger partial charge on any atom is -0.353 e. The van der Waals surface area contributed by atoms with Crippen molar-refractivity contribution < 1.29 is 4.79 Å². The standard InChI is InChI=1S/C11H17N3O/c1-14-7-3-6-10(14)8-12-11(15)13-9-4-2-5-9/h3,6-7,9H,2,4-5,8H2,1H3,(H2,12,13,15). The van der Waals surface area contributed by atoms with E-state index in [1.165, 1.54) is 6.42 Å². The van der Waals surface area contributed by atoms with Crippen molar-refractivity contribution in [1.82, 2.24) is 15.2 Å². The summed E-state index contributed by atoms with van der Waals surface area (Å²) in [4.78, 5) is 11.4. The number of rotatable bonds is 3. The van der Waals surface area contributed by atoms with Crippen molar-refractivity contribution in [2.75, 3.05) is 0 Å². The molecule has 1 aliphatic rings. The highest BCUT2D eigenvalue weighted by molar-refractivity contribution is 5.74. The lowest BCUT2D eigenvalue weighted by molar-refractivity contribution is 0.228. The molecule has 1 heterocycles. The van der Waals surface area contributed by atoms with Crippen LogP contribution < -0.4 is 10.6 Å². The third-order valence-corrected chi connectivity index (χ3v) is 2.92. The Hall–Kier alpha value is -1.45. The number of aromatic nitrogens is 1. The van der Waals surface area contributed by atoms with Crippen molar-refractivity contribution in [3.05, 3.63) is 24.0 Å². The molecule has 0 aliphatic heterocycles. The van der Waals surface area contributed by atoms with Gasteiger partial charge in [-0.15, -0.1) is 0 Å². The van der Waals surface area contributed by atoms with Crippen LogP contribution in [-0.4, -0.2) is 16.6 Å². The van der Waals surface area contributed by atoms with E-state index in [2.05, 4.69) is 10.6 Å². The van der Waals surface area contributed by atoms with Crippen LogP contribution in [0.3, 0.4) is 0 Å². The Morgan fingerprint density at radius 1 is 1.60 bits per heavy atom. The second-order valence-electron chi connectivity index (χ2n) is 4.07. The van der Waals surface area contributed by atoms with Gasteiger partial charge in [-0.25, -0.2) is 4.79 Å². The zero-order valence-electron chi connectivity index (χ0n) is 8.99. The summed E-state index contributed by atoms with van der Waals surface area (Å²) in [5, 5.41) is 5.79. The van der Waals surface area contributed by atoms with E-state index in [0.717, 1.165) is 18.5 Å². The zero-order chi connectivity index (χ0) is 10.7. The van der Waals surface area contributed by atoms with E-state index in [-0.39, 0.29) is 6.03 Å². The maximum Gasteiger partial charge on any atom is 0.315 e. The Labute approximate surface area is 89.7 Å². The van der Waals surface area contributed by atoms with Gasteiger partial charge in [-0.2, -0.15) is 0 Å². The Morgan fingerprint density at radius 3 is 2.93 bits per heavy atom. The van der Waals surface area contributed by atoms with E-state index in [4.69, 9.17) is 0 Å². The number of nitrogens with zero attached hydrogens (tertiary/aromatic N) is 1. The van der Waals surface area contributed by atoms with E-state index in [0.29, 0.717) is 12.6 Å². The van der Waals surface area contributed by atoms with Crippen molar-refractivity contribution in [3.8, 4) is 0 Å². The van der Waals surface area contributed by atoms with Crippen molar-refractivity contribution in [3.63, 3.8) is 0 Å². The molecule has 1 aromatic rings. The SMILES string of the molecule is Cn1cccc1CNC(=O)NC1CCC1. The van der Waals surface area contributed by atoms with Crippen molar-refractivity contribution in [1.29, 1.82) is 0 Å². The Morgan fingerprint density at radius 2 is 2.40 bits per heavy atom. The lowest BCUT2D eigenvalue weighted by Gasteiger charge is -2.26. The largest absolute Gasteiger partial charge is 0.353 e. The summed E-state index contributed by atoms with van der Waals surface area (Å²) in [5.74, 6) is 0. The summed E-state index contributed by atoms with van der Waals surface area (Å²) < 4.78 is 2.00. The third-order valence-electron chi connectivity index (χ3n) is 2.92. The number of urea groups is 1. The van der Waals surface area contributed by atoms with Gasteiger partial charge >= 0.3 is 6.03 Å². The molecule has 0 saturated heterocycles. The fourth-order valence-electron chi connectivity index (χ4n) is 1.64. The predicted octanol–water partition coefficient (Wildman–Crippen LogP) is 1.38.